The molecule has 0 radical (unpaired) electrons. The Bertz CT molecular complexity index is 1300. The van der Waals surface area contributed by atoms with E-state index in [0.717, 1.165) is 24.0 Å². The van der Waals surface area contributed by atoms with E-state index in [0.29, 0.717) is 29.8 Å². The predicted molar refractivity (Wildman–Crippen MR) is 121 cm³/mol. The maximum Gasteiger partial charge on any atom is 0.322 e. The second-order valence-corrected chi connectivity index (χ2v) is 8.62. The summed E-state index contributed by atoms with van der Waals surface area (Å²) in [6.45, 7) is 0.326. The van der Waals surface area contributed by atoms with Crippen LogP contribution in [0.1, 0.15) is 35.7 Å². The van der Waals surface area contributed by atoms with Crippen molar-refractivity contribution < 1.29 is 13.9 Å². The average Bonchev–Trinajstić information content (AvgIpc) is 3.11. The Morgan fingerprint density at radius 1 is 1.33 bits per heavy atom. The van der Waals surface area contributed by atoms with Crippen LogP contribution < -0.4 is 10.9 Å². The molecule has 170 valence electrons. The highest BCUT2D eigenvalue weighted by Gasteiger charge is 2.44. The zero-order valence-corrected chi connectivity index (χ0v) is 18.5. The summed E-state index contributed by atoms with van der Waals surface area (Å²) in [7, 11) is 1.57. The van der Waals surface area contributed by atoms with Crippen molar-refractivity contribution >= 4 is 23.3 Å². The molecular formula is C23H21ClFN5O3. The van der Waals surface area contributed by atoms with Gasteiger partial charge in [-0.05, 0) is 48.6 Å². The summed E-state index contributed by atoms with van der Waals surface area (Å²) in [6.07, 6.45) is 5.30. The summed E-state index contributed by atoms with van der Waals surface area (Å²) >= 11 is 6.48. The van der Waals surface area contributed by atoms with E-state index >= 15 is 4.39 Å². The van der Waals surface area contributed by atoms with E-state index in [1.54, 1.807) is 30.5 Å². The highest BCUT2D eigenvalue weighted by Crippen LogP contribution is 2.43. The summed E-state index contributed by atoms with van der Waals surface area (Å²) in [4.78, 5) is 30.6. The van der Waals surface area contributed by atoms with Gasteiger partial charge in [0.1, 0.15) is 5.82 Å². The Hall–Kier alpha value is -3.30. The summed E-state index contributed by atoms with van der Waals surface area (Å²) in [5.74, 6) is -0.609. The molecule has 10 heteroatoms. The number of carbonyl (C=O) groups excluding carboxylic acids is 1. The fourth-order valence-corrected chi connectivity index (χ4v) is 5.06. The van der Waals surface area contributed by atoms with Gasteiger partial charge in [0.25, 0.3) is 5.56 Å². The van der Waals surface area contributed by atoms with Gasteiger partial charge in [-0.3, -0.25) is 9.78 Å². The molecule has 33 heavy (non-hydrogen) atoms. The fraction of sp³-hybridized carbons (Fsp3) is 0.304. The number of anilines is 1. The number of nitrogens with one attached hydrogen (secondary N) is 2. The lowest BCUT2D eigenvalue weighted by Crippen LogP contribution is -2.45. The molecule has 8 nitrogen and oxygen atoms in total. The molecular weight excluding hydrogens is 449 g/mol. The summed E-state index contributed by atoms with van der Waals surface area (Å²) < 4.78 is 20.3. The Morgan fingerprint density at radius 3 is 3.00 bits per heavy atom. The molecule has 2 amide bonds. The largest absolute Gasteiger partial charge is 0.380 e. The van der Waals surface area contributed by atoms with Crippen LogP contribution in [-0.2, 0) is 17.8 Å². The van der Waals surface area contributed by atoms with Gasteiger partial charge < -0.3 is 15.0 Å². The van der Waals surface area contributed by atoms with Gasteiger partial charge in [0.2, 0.25) is 0 Å². The number of amides is 2. The van der Waals surface area contributed by atoms with Crippen LogP contribution in [0, 0.1) is 5.82 Å². The highest BCUT2D eigenvalue weighted by molar-refractivity contribution is 6.33. The van der Waals surface area contributed by atoms with Crippen LogP contribution in [0.5, 0.6) is 0 Å². The number of hydrogen-bond acceptors (Lipinski definition) is 5. The van der Waals surface area contributed by atoms with Crippen LogP contribution in [-0.4, -0.2) is 39.3 Å². The smallest absolute Gasteiger partial charge is 0.322 e. The fourth-order valence-electron chi connectivity index (χ4n) is 4.79. The predicted octanol–water partition coefficient (Wildman–Crippen LogP) is 4.06. The number of fused-ring (bicyclic) bond motifs is 4. The maximum absolute atomic E-state index is 15.1. The van der Waals surface area contributed by atoms with Crippen molar-refractivity contribution in [3.05, 3.63) is 74.7 Å². The average molecular weight is 470 g/mol. The number of urea groups is 1. The van der Waals surface area contributed by atoms with E-state index in [-0.39, 0.29) is 28.4 Å². The number of nitrogens with zero attached hydrogens (tertiary/aromatic N) is 3. The first-order valence-corrected chi connectivity index (χ1v) is 10.9. The number of pyridine rings is 1. The molecule has 3 aromatic rings. The lowest BCUT2D eigenvalue weighted by Gasteiger charge is -2.35. The summed E-state index contributed by atoms with van der Waals surface area (Å²) in [5.41, 5.74) is 3.22. The molecule has 0 aliphatic carbocycles. The lowest BCUT2D eigenvalue weighted by molar-refractivity contribution is 0.177. The molecule has 0 saturated carbocycles. The van der Waals surface area contributed by atoms with E-state index in [2.05, 4.69) is 20.5 Å². The first-order chi connectivity index (χ1) is 16.0. The molecule has 0 spiro atoms. The van der Waals surface area contributed by atoms with Gasteiger partial charge in [-0.2, -0.15) is 5.10 Å². The van der Waals surface area contributed by atoms with E-state index < -0.39 is 11.8 Å². The van der Waals surface area contributed by atoms with Gasteiger partial charge in [-0.1, -0.05) is 11.6 Å². The zero-order chi connectivity index (χ0) is 23.1. The maximum atomic E-state index is 15.1. The van der Waals surface area contributed by atoms with Crippen molar-refractivity contribution in [3.63, 3.8) is 0 Å². The van der Waals surface area contributed by atoms with Gasteiger partial charge in [-0.15, -0.1) is 0 Å². The Kier molecular flexibility index (Phi) is 5.59. The molecule has 0 unspecified atom stereocenters. The summed E-state index contributed by atoms with van der Waals surface area (Å²) in [5, 5.41) is 9.57. The van der Waals surface area contributed by atoms with Crippen molar-refractivity contribution in [1.82, 2.24) is 20.1 Å². The number of carbonyl (C=O) groups is 1. The van der Waals surface area contributed by atoms with E-state index in [9.17, 15) is 9.59 Å². The van der Waals surface area contributed by atoms with Crippen molar-refractivity contribution in [2.24, 2.45) is 0 Å². The third kappa shape index (κ3) is 3.87. The number of rotatable bonds is 4. The van der Waals surface area contributed by atoms with Gasteiger partial charge in [-0.25, -0.2) is 14.3 Å². The Labute approximate surface area is 193 Å². The monoisotopic (exact) mass is 469 g/mol. The molecule has 2 bridgehead atoms. The number of H-pyrrole nitrogens is 1. The normalized spacial score (nSPS) is 18.8. The highest BCUT2D eigenvalue weighted by atomic mass is 35.5. The summed E-state index contributed by atoms with van der Waals surface area (Å²) in [6, 6.07) is 5.26. The van der Waals surface area contributed by atoms with E-state index in [4.69, 9.17) is 16.3 Å². The van der Waals surface area contributed by atoms with Gasteiger partial charge in [0.05, 0.1) is 29.1 Å². The van der Waals surface area contributed by atoms with Crippen LogP contribution in [0.25, 0.3) is 11.1 Å². The minimum Gasteiger partial charge on any atom is -0.380 e. The topological polar surface area (TPSA) is 100 Å². The van der Waals surface area contributed by atoms with Crippen LogP contribution in [0.4, 0.5) is 14.9 Å². The third-order valence-electron chi connectivity index (χ3n) is 6.23. The van der Waals surface area contributed by atoms with Crippen molar-refractivity contribution in [2.75, 3.05) is 12.4 Å². The zero-order valence-electron chi connectivity index (χ0n) is 17.8. The molecule has 1 saturated heterocycles. The molecule has 2 atom stereocenters. The standard InChI is InChI=1S/C23H21ClFN5O3/c1-33-11-12-4-5-26-10-16(12)15-8-18(25)19(9-17(15)24)27-23(32)30-14-2-3-20(30)22-13(6-14)7-21(31)28-29-22/h4-5,7-10,14,20H,2-3,6,11H2,1H3,(H,27,32)(H,28,31)/t14-,20+/m0/s1. The second kappa shape index (κ2) is 8.57. The van der Waals surface area contributed by atoms with Gasteiger partial charge in [0, 0.05) is 42.7 Å². The van der Waals surface area contributed by atoms with Crippen LogP contribution in [0.15, 0.2) is 41.5 Å². The quantitative estimate of drug-likeness (QED) is 0.600. The Morgan fingerprint density at radius 2 is 2.18 bits per heavy atom. The molecule has 1 aromatic carbocycles. The second-order valence-electron chi connectivity index (χ2n) is 8.21. The van der Waals surface area contributed by atoms with Gasteiger partial charge >= 0.3 is 6.03 Å². The van der Waals surface area contributed by atoms with E-state index in [1.807, 2.05) is 0 Å². The number of halogens is 2. The van der Waals surface area contributed by atoms with Crippen molar-refractivity contribution in [1.29, 1.82) is 0 Å². The molecule has 2 aromatic heterocycles. The van der Waals surface area contributed by atoms with Crippen LogP contribution in [0.3, 0.4) is 0 Å². The first-order valence-electron chi connectivity index (χ1n) is 10.6. The number of methoxy groups -OCH3 is 1. The SMILES string of the molecule is COCc1ccncc1-c1cc(F)c(NC(=O)N2[C@H]3CC[C@@H]2c2n[nH]c(=O)cc2C3)cc1Cl. The third-order valence-corrected chi connectivity index (χ3v) is 6.54. The van der Waals surface area contributed by atoms with Crippen LogP contribution >= 0.6 is 11.6 Å². The number of benzene rings is 1. The minimum absolute atomic E-state index is 0.00874. The molecule has 5 rings (SSSR count). The number of aromatic amines is 1. The molecule has 2 N–H and O–H groups in total. The van der Waals surface area contributed by atoms with Crippen molar-refractivity contribution in [3.8, 4) is 11.1 Å². The molecule has 2 aliphatic heterocycles. The van der Waals surface area contributed by atoms with Crippen LogP contribution in [0.2, 0.25) is 5.02 Å². The number of aromatic nitrogens is 3. The van der Waals surface area contributed by atoms with E-state index in [1.165, 1.54) is 18.2 Å². The molecule has 4 heterocycles. The molecule has 2 aliphatic rings. The molecule has 1 fully saturated rings. The lowest BCUT2D eigenvalue weighted by atomic mass is 9.99. The first kappa shape index (κ1) is 21.5. The minimum atomic E-state index is -0.609. The van der Waals surface area contributed by atoms with Gasteiger partial charge in [0.15, 0.2) is 0 Å². The van der Waals surface area contributed by atoms with Crippen molar-refractivity contribution in [2.45, 2.75) is 38.0 Å². The number of hydrogen-bond donors (Lipinski definition) is 2. The Balaban J connectivity index is 1.42. The number of ether oxygens (including phenoxy) is 1.